The number of aromatic amines is 1. The minimum absolute atomic E-state index is 0.122. The van der Waals surface area contributed by atoms with Crippen molar-refractivity contribution < 1.29 is 39.0 Å². The molecule has 0 fully saturated rings. The van der Waals surface area contributed by atoms with Crippen LogP contribution in [-0.2, 0) is 35.2 Å². The van der Waals surface area contributed by atoms with Crippen LogP contribution >= 0.6 is 0 Å². The molecule has 0 aliphatic carbocycles. The second kappa shape index (κ2) is 13.9. The summed E-state index contributed by atoms with van der Waals surface area (Å²) in [6.07, 6.45) is 0.0770. The number of amides is 4. The zero-order valence-electron chi connectivity index (χ0n) is 21.6. The van der Waals surface area contributed by atoms with Gasteiger partial charge in [0.15, 0.2) is 0 Å². The van der Waals surface area contributed by atoms with Crippen LogP contribution in [0.3, 0.4) is 0 Å². The number of primary amides is 1. The number of nitrogens with one attached hydrogen (secondary N) is 4. The van der Waals surface area contributed by atoms with Crippen molar-refractivity contribution in [1.82, 2.24) is 20.9 Å². The first-order chi connectivity index (χ1) is 18.3. The average Bonchev–Trinajstić information content (AvgIpc) is 3.27. The Balaban J connectivity index is 2.20. The Kier molecular flexibility index (Phi) is 11.0. The average molecular weight is 547 g/mol. The molecule has 0 aliphatic rings. The van der Waals surface area contributed by atoms with E-state index in [0.29, 0.717) is 5.56 Å². The fourth-order valence-electron chi connectivity index (χ4n) is 3.78. The van der Waals surface area contributed by atoms with E-state index in [0.717, 1.165) is 10.9 Å². The van der Waals surface area contributed by atoms with Crippen molar-refractivity contribution in [2.75, 3.05) is 0 Å². The summed E-state index contributed by atoms with van der Waals surface area (Å²) in [5.74, 6) is -6.57. The molecule has 4 atom stereocenters. The fraction of sp³-hybridized carbons (Fsp3) is 0.440. The van der Waals surface area contributed by atoms with E-state index < -0.39 is 66.2 Å². The Hall–Kier alpha value is -4.46. The van der Waals surface area contributed by atoms with Crippen LogP contribution in [0.1, 0.15) is 38.7 Å². The second-order valence-electron chi connectivity index (χ2n) is 9.46. The number of H-pyrrole nitrogens is 1. The summed E-state index contributed by atoms with van der Waals surface area (Å²) in [4.78, 5) is 76.1. The molecule has 0 saturated heterocycles. The first kappa shape index (κ1) is 30.8. The molecule has 0 saturated carbocycles. The molecule has 2 rings (SSSR count). The molecule has 0 radical (unpaired) electrons. The maximum Gasteiger partial charge on any atom is 0.326 e. The molecule has 0 spiro atoms. The largest absolute Gasteiger partial charge is 0.481 e. The summed E-state index contributed by atoms with van der Waals surface area (Å²) >= 11 is 0. The molecule has 0 bridgehead atoms. The van der Waals surface area contributed by atoms with E-state index in [4.69, 9.17) is 11.5 Å². The van der Waals surface area contributed by atoms with E-state index in [-0.39, 0.29) is 25.2 Å². The summed E-state index contributed by atoms with van der Waals surface area (Å²) in [7, 11) is 0. The van der Waals surface area contributed by atoms with Crippen LogP contribution < -0.4 is 27.4 Å². The Morgan fingerprint density at radius 3 is 2.08 bits per heavy atom. The van der Waals surface area contributed by atoms with E-state index in [2.05, 4.69) is 20.9 Å². The second-order valence-corrected chi connectivity index (χ2v) is 9.46. The van der Waals surface area contributed by atoms with Crippen molar-refractivity contribution in [2.45, 2.75) is 63.7 Å². The van der Waals surface area contributed by atoms with E-state index in [1.165, 1.54) is 0 Å². The highest BCUT2D eigenvalue weighted by Crippen LogP contribution is 2.19. The first-order valence-electron chi connectivity index (χ1n) is 12.2. The minimum Gasteiger partial charge on any atom is -0.481 e. The van der Waals surface area contributed by atoms with Crippen LogP contribution in [0.4, 0.5) is 0 Å². The number of carboxylic acid groups (broad SMARTS) is 2. The summed E-state index contributed by atoms with van der Waals surface area (Å²) in [6.45, 7) is 3.37. The third kappa shape index (κ3) is 9.10. The third-order valence-corrected chi connectivity index (χ3v) is 6.06. The lowest BCUT2D eigenvalue weighted by Crippen LogP contribution is -2.58. The minimum atomic E-state index is -1.69. The predicted molar refractivity (Wildman–Crippen MR) is 139 cm³/mol. The van der Waals surface area contributed by atoms with Crippen LogP contribution in [0.15, 0.2) is 30.5 Å². The number of hydrogen-bond donors (Lipinski definition) is 8. The molecule has 39 heavy (non-hydrogen) atoms. The van der Waals surface area contributed by atoms with Gasteiger partial charge in [-0.2, -0.15) is 0 Å². The number of aliphatic carboxylic acids is 2. The Morgan fingerprint density at radius 1 is 0.897 bits per heavy atom. The van der Waals surface area contributed by atoms with Gasteiger partial charge in [-0.3, -0.25) is 24.0 Å². The monoisotopic (exact) mass is 546 g/mol. The number of carbonyl (C=O) groups excluding carboxylic acids is 4. The lowest BCUT2D eigenvalue weighted by atomic mass is 10.0. The number of aromatic nitrogens is 1. The van der Waals surface area contributed by atoms with Crippen LogP contribution in [0.5, 0.6) is 0 Å². The van der Waals surface area contributed by atoms with Gasteiger partial charge in [-0.1, -0.05) is 32.0 Å². The van der Waals surface area contributed by atoms with Crippen molar-refractivity contribution in [1.29, 1.82) is 0 Å². The lowest BCUT2D eigenvalue weighted by Gasteiger charge is -2.25. The van der Waals surface area contributed by atoms with Crippen LogP contribution in [-0.4, -0.2) is 74.9 Å². The molecule has 2 aromatic rings. The van der Waals surface area contributed by atoms with E-state index in [1.54, 1.807) is 44.3 Å². The van der Waals surface area contributed by atoms with Crippen molar-refractivity contribution in [3.63, 3.8) is 0 Å². The topological polar surface area (TPSA) is 247 Å². The van der Waals surface area contributed by atoms with Gasteiger partial charge in [-0.25, -0.2) is 4.79 Å². The van der Waals surface area contributed by atoms with Crippen molar-refractivity contribution in [3.05, 3.63) is 36.0 Å². The third-order valence-electron chi connectivity index (χ3n) is 6.06. The molecule has 1 heterocycles. The number of carboxylic acids is 2. The maximum atomic E-state index is 13.0. The van der Waals surface area contributed by atoms with Gasteiger partial charge >= 0.3 is 11.9 Å². The van der Waals surface area contributed by atoms with Gasteiger partial charge in [0, 0.05) is 29.9 Å². The number of carbonyl (C=O) groups is 6. The molecule has 4 unspecified atom stereocenters. The highest BCUT2D eigenvalue weighted by Gasteiger charge is 2.32. The Bertz CT molecular complexity index is 1230. The molecule has 1 aromatic heterocycles. The maximum absolute atomic E-state index is 13.0. The van der Waals surface area contributed by atoms with Crippen LogP contribution in [0, 0.1) is 5.92 Å². The molecule has 0 aliphatic heterocycles. The number of para-hydroxylation sites is 1. The van der Waals surface area contributed by atoms with Crippen molar-refractivity contribution in [3.8, 4) is 0 Å². The highest BCUT2D eigenvalue weighted by atomic mass is 16.4. The number of nitrogens with two attached hydrogens (primary N) is 2. The standard InChI is InChI=1S/C25H34N6O8/c1-12(2)21(27)24(37)29-16(7-8-19(26)32)22(35)30-17(10-20(33)34)23(36)31-18(25(38)39)9-13-11-28-15-6-4-3-5-14(13)15/h3-6,11-12,16-18,21,28H,7-10,27H2,1-2H3,(H2,26,32)(H,29,37)(H,30,35)(H,31,36)(H,33,34)(H,38,39). The summed E-state index contributed by atoms with van der Waals surface area (Å²) in [5.41, 5.74) is 12.3. The quantitative estimate of drug-likeness (QED) is 0.136. The SMILES string of the molecule is CC(C)C(N)C(=O)NC(CCC(N)=O)C(=O)NC(CC(=O)O)C(=O)NC(Cc1c[nH]c2ccccc12)C(=O)O. The molecule has 10 N–H and O–H groups in total. The smallest absolute Gasteiger partial charge is 0.326 e. The molecular weight excluding hydrogens is 512 g/mol. The fourth-order valence-corrected chi connectivity index (χ4v) is 3.78. The Morgan fingerprint density at radius 2 is 1.49 bits per heavy atom. The number of hydrogen-bond acceptors (Lipinski definition) is 7. The lowest BCUT2D eigenvalue weighted by molar-refractivity contribution is -0.143. The number of benzene rings is 1. The normalized spacial score (nSPS) is 14.2. The number of fused-ring (bicyclic) bond motifs is 1. The van der Waals surface area contributed by atoms with Crippen LogP contribution in [0.25, 0.3) is 10.9 Å². The Labute approximate surface area is 223 Å². The summed E-state index contributed by atoms with van der Waals surface area (Å²) in [6, 6.07) is 1.68. The molecule has 4 amide bonds. The van der Waals surface area contributed by atoms with E-state index >= 15 is 0 Å². The first-order valence-corrected chi connectivity index (χ1v) is 12.2. The van der Waals surface area contributed by atoms with E-state index in [1.807, 2.05) is 0 Å². The predicted octanol–water partition coefficient (Wildman–Crippen LogP) is -1.03. The number of rotatable bonds is 15. The van der Waals surface area contributed by atoms with Crippen LogP contribution in [0.2, 0.25) is 0 Å². The molecule has 14 heteroatoms. The molecule has 212 valence electrons. The van der Waals surface area contributed by atoms with Gasteiger partial charge in [-0.05, 0) is 24.0 Å². The zero-order chi connectivity index (χ0) is 29.3. The van der Waals surface area contributed by atoms with Gasteiger partial charge in [-0.15, -0.1) is 0 Å². The molecular formula is C25H34N6O8. The van der Waals surface area contributed by atoms with Gasteiger partial charge in [0.1, 0.15) is 18.1 Å². The summed E-state index contributed by atoms with van der Waals surface area (Å²) in [5, 5.41) is 26.7. The summed E-state index contributed by atoms with van der Waals surface area (Å²) < 4.78 is 0. The van der Waals surface area contributed by atoms with E-state index in [9.17, 15) is 39.0 Å². The highest BCUT2D eigenvalue weighted by molar-refractivity contribution is 5.96. The van der Waals surface area contributed by atoms with Gasteiger partial charge < -0.3 is 42.6 Å². The van der Waals surface area contributed by atoms with Gasteiger partial charge in [0.2, 0.25) is 23.6 Å². The van der Waals surface area contributed by atoms with Gasteiger partial charge in [0.25, 0.3) is 0 Å². The van der Waals surface area contributed by atoms with Gasteiger partial charge in [0.05, 0.1) is 12.5 Å². The zero-order valence-corrected chi connectivity index (χ0v) is 21.6. The molecule has 14 nitrogen and oxygen atoms in total. The molecule has 1 aromatic carbocycles. The van der Waals surface area contributed by atoms with Crippen molar-refractivity contribution in [2.24, 2.45) is 17.4 Å². The van der Waals surface area contributed by atoms with Crippen molar-refractivity contribution >= 4 is 46.5 Å².